The number of morpholine rings is 1. The van der Waals surface area contributed by atoms with E-state index in [2.05, 4.69) is 24.0 Å². The van der Waals surface area contributed by atoms with E-state index >= 15 is 0 Å². The number of allylic oxidation sites excluding steroid dienone is 2. The van der Waals surface area contributed by atoms with Crippen LogP contribution in [0.2, 0.25) is 0 Å². The number of anilines is 1. The summed E-state index contributed by atoms with van der Waals surface area (Å²) in [5.41, 5.74) is 2.68. The molecule has 6 nitrogen and oxygen atoms in total. The van der Waals surface area contributed by atoms with E-state index in [9.17, 15) is 9.90 Å². The first kappa shape index (κ1) is 26.6. The van der Waals surface area contributed by atoms with Gasteiger partial charge in [-0.25, -0.2) is 4.79 Å². The Labute approximate surface area is 234 Å². The summed E-state index contributed by atoms with van der Waals surface area (Å²) >= 11 is 1.78. The molecule has 0 bridgehead atoms. The molecule has 0 unspecified atom stereocenters. The molecule has 2 aliphatic heterocycles. The van der Waals surface area contributed by atoms with Crippen molar-refractivity contribution in [2.75, 3.05) is 31.2 Å². The molecule has 3 heterocycles. The summed E-state index contributed by atoms with van der Waals surface area (Å²) < 4.78 is 11.3. The van der Waals surface area contributed by atoms with Gasteiger partial charge in [-0.15, -0.1) is 11.3 Å². The lowest BCUT2D eigenvalue weighted by Gasteiger charge is -2.43. The van der Waals surface area contributed by atoms with E-state index in [-0.39, 0.29) is 12.2 Å². The zero-order valence-corrected chi connectivity index (χ0v) is 24.3. The van der Waals surface area contributed by atoms with Crippen LogP contribution in [0.15, 0.2) is 12.1 Å². The summed E-state index contributed by atoms with van der Waals surface area (Å²) in [6.45, 7) is 4.81. The average Bonchev–Trinajstić information content (AvgIpc) is 3.41. The van der Waals surface area contributed by atoms with Gasteiger partial charge in [0.05, 0.1) is 28.8 Å². The number of thiophene rings is 1. The van der Waals surface area contributed by atoms with Crippen LogP contribution in [-0.4, -0.2) is 64.6 Å². The summed E-state index contributed by atoms with van der Waals surface area (Å²) in [5, 5.41) is 11.8. The number of ether oxygens (including phenoxy) is 2. The number of nitrogens with zero attached hydrogens (tertiary/aromatic N) is 2. The monoisotopic (exact) mass is 558 g/mol. The first-order valence-electron chi connectivity index (χ1n) is 14.8. The Morgan fingerprint density at radius 1 is 1.05 bits per heavy atom. The van der Waals surface area contributed by atoms with Crippen molar-refractivity contribution in [3.8, 4) is 0 Å². The van der Waals surface area contributed by atoms with Crippen LogP contribution in [0.1, 0.15) is 93.7 Å². The number of aliphatic hydroxyl groups is 1. The third-order valence-corrected chi connectivity index (χ3v) is 11.6. The smallest absolute Gasteiger partial charge is 0.410 e. The highest BCUT2D eigenvalue weighted by atomic mass is 32.1. The van der Waals surface area contributed by atoms with Crippen molar-refractivity contribution in [2.24, 2.45) is 11.8 Å². The molecule has 1 saturated heterocycles. The number of amides is 1. The highest BCUT2D eigenvalue weighted by Gasteiger charge is 2.38. The molecule has 1 aromatic heterocycles. The highest BCUT2D eigenvalue weighted by Crippen LogP contribution is 2.44. The molecule has 6 rings (SSSR count). The maximum atomic E-state index is 12.7. The zero-order valence-electron chi connectivity index (χ0n) is 22.7. The third kappa shape index (κ3) is 5.65. The first-order chi connectivity index (χ1) is 18.6. The van der Waals surface area contributed by atoms with Crippen molar-refractivity contribution in [2.45, 2.75) is 96.1 Å². The number of carbonyl (C=O) groups is 1. The number of aliphatic hydroxyl groups excluding tert-OH is 1. The van der Waals surface area contributed by atoms with E-state index in [0.717, 1.165) is 49.3 Å². The van der Waals surface area contributed by atoms with Gasteiger partial charge in [0.25, 0.3) is 0 Å². The second-order valence-corrected chi connectivity index (χ2v) is 13.8. The Bertz CT molecular complexity index is 1120. The lowest BCUT2D eigenvalue weighted by atomic mass is 9.82. The van der Waals surface area contributed by atoms with Crippen molar-refractivity contribution in [1.29, 1.82) is 0 Å². The van der Waals surface area contributed by atoms with Crippen molar-refractivity contribution in [3.05, 3.63) is 21.9 Å². The molecule has 2 saturated carbocycles. The lowest BCUT2D eigenvalue weighted by molar-refractivity contribution is 0.00467. The van der Waals surface area contributed by atoms with Crippen molar-refractivity contribution in [3.63, 3.8) is 0 Å². The van der Waals surface area contributed by atoms with Crippen molar-refractivity contribution < 1.29 is 19.4 Å². The molecule has 3 fully saturated rings. The second kappa shape index (κ2) is 11.9. The van der Waals surface area contributed by atoms with Gasteiger partial charge in [-0.1, -0.05) is 36.8 Å². The van der Waals surface area contributed by atoms with E-state index < -0.39 is 0 Å². The van der Waals surface area contributed by atoms with Crippen molar-refractivity contribution >= 4 is 49.7 Å². The minimum atomic E-state index is -0.182. The van der Waals surface area contributed by atoms with Gasteiger partial charge in [0, 0.05) is 29.9 Å². The molecule has 0 aromatic carbocycles. The molecule has 0 atom stereocenters. The molecule has 0 spiro atoms. The van der Waals surface area contributed by atoms with Crippen LogP contribution >= 0.6 is 22.3 Å². The molecule has 1 amide bonds. The normalized spacial score (nSPS) is 30.4. The fraction of sp³-hybridized carbons (Fsp3) is 0.700. The number of hydrogen-bond acceptors (Lipinski definition) is 5. The fourth-order valence-electron chi connectivity index (χ4n) is 6.80. The molecule has 0 radical (unpaired) electrons. The summed E-state index contributed by atoms with van der Waals surface area (Å²) in [7, 11) is 1.63. The van der Waals surface area contributed by atoms with Crippen molar-refractivity contribution in [1.82, 2.24) is 4.90 Å². The summed E-state index contributed by atoms with van der Waals surface area (Å²) in [4.78, 5) is 20.8. The predicted octanol–water partition coefficient (Wildman–Crippen LogP) is 7.03. The van der Waals surface area contributed by atoms with Crippen LogP contribution in [0, 0.1) is 11.8 Å². The maximum Gasteiger partial charge on any atom is 0.410 e. The van der Waals surface area contributed by atoms with Crippen LogP contribution in [-0.2, 0) is 9.47 Å². The van der Waals surface area contributed by atoms with Gasteiger partial charge < -0.3 is 24.4 Å². The molecular weight excluding hydrogens is 516 g/mol. The van der Waals surface area contributed by atoms with Crippen LogP contribution in [0.4, 0.5) is 10.5 Å². The van der Waals surface area contributed by atoms with Gasteiger partial charge in [0.1, 0.15) is 11.2 Å². The van der Waals surface area contributed by atoms with Crippen LogP contribution in [0.25, 0.3) is 5.57 Å². The molecule has 8 heteroatoms. The molecule has 1 aromatic rings. The third-order valence-electron chi connectivity index (χ3n) is 9.12. The van der Waals surface area contributed by atoms with Gasteiger partial charge in [-0.05, 0) is 81.8 Å². The minimum Gasteiger partial charge on any atom is -0.446 e. The molecule has 38 heavy (non-hydrogen) atoms. The Balaban J connectivity index is 1.22. The van der Waals surface area contributed by atoms with E-state index in [1.54, 1.807) is 27.2 Å². The molecule has 5 aliphatic rings. The number of rotatable bonds is 4. The molecule has 3 aliphatic carbocycles. The van der Waals surface area contributed by atoms with Gasteiger partial charge >= 0.3 is 6.09 Å². The number of carbonyl (C=O) groups excluding carboxylic acids is 1. The molecule has 1 N–H and O–H groups in total. The minimum absolute atomic E-state index is 0.0112. The summed E-state index contributed by atoms with van der Waals surface area (Å²) in [5.74, 6) is 1.31. The second-order valence-electron chi connectivity index (χ2n) is 11.8. The summed E-state index contributed by atoms with van der Waals surface area (Å²) in [6.07, 6.45) is 15.8. The highest BCUT2D eigenvalue weighted by molar-refractivity contribution is 7.98. The lowest BCUT2D eigenvalue weighted by Crippen LogP contribution is -2.48. The Hall–Kier alpha value is -1.61. The Morgan fingerprint density at radius 3 is 2.53 bits per heavy atom. The van der Waals surface area contributed by atoms with Gasteiger partial charge in [-0.3, -0.25) is 0 Å². The van der Waals surface area contributed by atoms with Gasteiger partial charge in [0.2, 0.25) is 0 Å². The quantitative estimate of drug-likeness (QED) is 0.402. The molecular formula is C30H42N2O4S2. The average molecular weight is 559 g/mol. The van der Waals surface area contributed by atoms with Gasteiger partial charge in [0.15, 0.2) is 0 Å². The topological polar surface area (TPSA) is 62.2 Å². The standard InChI is InChI=1S/C30H42N2O4S2/c1-20-7-9-22(10-8-20)28-32(23-11-13-24(14-12-23)36-30(34)31-15-17-35-18-16-31)25-19-26(21-5-3-2-4-6-21)37-27(25)29(33)38-28/h5,19-20,22-24,33H,2-4,6-18H2,1H3. The first-order valence-corrected chi connectivity index (χ1v) is 16.5. The van der Waals surface area contributed by atoms with E-state index in [1.807, 2.05) is 0 Å². The Kier molecular flexibility index (Phi) is 8.31. The van der Waals surface area contributed by atoms with Crippen LogP contribution in [0.3, 0.4) is 0 Å². The van der Waals surface area contributed by atoms with Crippen LogP contribution < -0.4 is 4.90 Å². The van der Waals surface area contributed by atoms with E-state index in [0.29, 0.717) is 43.3 Å². The predicted molar refractivity (Wildman–Crippen MR) is 159 cm³/mol. The maximum absolute atomic E-state index is 12.7. The fourth-order valence-corrected chi connectivity index (χ4v) is 9.24. The van der Waals surface area contributed by atoms with E-state index in [4.69, 9.17) is 9.47 Å². The zero-order chi connectivity index (χ0) is 26.1. The SMILES string of the molecule is CC1CCC(C2=S=C(O)c3sc(C4=CCCCC4)cc3N2C2CCC(OC(=O)N3CCOCC3)CC2)CC1. The van der Waals surface area contributed by atoms with E-state index in [1.165, 1.54) is 59.7 Å². The largest absolute Gasteiger partial charge is 0.446 e. The number of hydrogen-bond donors (Lipinski definition) is 1. The molecule has 208 valence electrons. The van der Waals surface area contributed by atoms with Crippen LogP contribution in [0.5, 0.6) is 0 Å². The number of fused-ring (bicyclic) bond motifs is 1. The Morgan fingerprint density at radius 2 is 1.82 bits per heavy atom. The van der Waals surface area contributed by atoms with Gasteiger partial charge in [-0.2, -0.15) is 0 Å². The summed E-state index contributed by atoms with van der Waals surface area (Å²) in [6, 6.07) is 2.76.